The van der Waals surface area contributed by atoms with Gasteiger partial charge in [-0.25, -0.2) is 8.42 Å². The first kappa shape index (κ1) is 16.0. The van der Waals surface area contributed by atoms with Crippen molar-refractivity contribution in [2.75, 3.05) is 18.1 Å². The minimum Gasteiger partial charge on any atom is -0.352 e. The molecule has 0 saturated carbocycles. The van der Waals surface area contributed by atoms with Gasteiger partial charge in [0, 0.05) is 12.1 Å². The Morgan fingerprint density at radius 1 is 1.29 bits per heavy atom. The summed E-state index contributed by atoms with van der Waals surface area (Å²) in [5.41, 5.74) is 1.76. The second kappa shape index (κ2) is 7.07. The Kier molecular flexibility index (Phi) is 5.39. The quantitative estimate of drug-likeness (QED) is 0.907. The number of carbonyl (C=O) groups excluding carboxylic acids is 1. The molecule has 1 aliphatic rings. The molecule has 1 aliphatic heterocycles. The fraction of sp³-hybridized carbons (Fsp3) is 0.562. The zero-order valence-corrected chi connectivity index (χ0v) is 13.3. The van der Waals surface area contributed by atoms with Gasteiger partial charge in [0.1, 0.15) is 0 Å². The van der Waals surface area contributed by atoms with Gasteiger partial charge in [0.25, 0.3) is 5.91 Å². The number of hydrogen-bond acceptors (Lipinski definition) is 3. The highest BCUT2D eigenvalue weighted by atomic mass is 32.2. The van der Waals surface area contributed by atoms with Crippen LogP contribution in [0, 0.1) is 5.92 Å². The van der Waals surface area contributed by atoms with Gasteiger partial charge < -0.3 is 5.32 Å². The van der Waals surface area contributed by atoms with Gasteiger partial charge in [-0.1, -0.05) is 19.1 Å². The van der Waals surface area contributed by atoms with Gasteiger partial charge in [0.05, 0.1) is 11.5 Å². The molecule has 116 valence electrons. The summed E-state index contributed by atoms with van der Waals surface area (Å²) < 4.78 is 23.3. The van der Waals surface area contributed by atoms with E-state index in [-0.39, 0.29) is 11.8 Å². The summed E-state index contributed by atoms with van der Waals surface area (Å²) in [6, 6.07) is 7.50. The predicted molar refractivity (Wildman–Crippen MR) is 84.1 cm³/mol. The molecule has 0 spiro atoms. The van der Waals surface area contributed by atoms with E-state index in [4.69, 9.17) is 0 Å². The average molecular weight is 309 g/mol. The monoisotopic (exact) mass is 309 g/mol. The minimum atomic E-state index is -2.85. The van der Waals surface area contributed by atoms with E-state index >= 15 is 0 Å². The normalized spacial score (nSPS) is 20.9. The van der Waals surface area contributed by atoms with Crippen LogP contribution in [0.15, 0.2) is 24.3 Å². The number of benzene rings is 1. The van der Waals surface area contributed by atoms with Crippen LogP contribution in [0.2, 0.25) is 0 Å². The summed E-state index contributed by atoms with van der Waals surface area (Å²) in [5.74, 6) is 0.790. The van der Waals surface area contributed by atoms with Gasteiger partial charge >= 0.3 is 0 Å². The van der Waals surface area contributed by atoms with Crippen LogP contribution in [0.25, 0.3) is 0 Å². The number of amides is 1. The van der Waals surface area contributed by atoms with Crippen LogP contribution in [0.3, 0.4) is 0 Å². The predicted octanol–water partition coefficient (Wildman–Crippen LogP) is 2.19. The van der Waals surface area contributed by atoms with Crippen LogP contribution >= 0.6 is 0 Å². The third-order valence-electron chi connectivity index (χ3n) is 3.83. The van der Waals surface area contributed by atoms with E-state index in [0.29, 0.717) is 23.6 Å². The van der Waals surface area contributed by atoms with E-state index in [1.165, 1.54) is 0 Å². The molecule has 1 fully saturated rings. The number of rotatable bonds is 5. The third kappa shape index (κ3) is 4.84. The highest BCUT2D eigenvalue weighted by Gasteiger charge is 2.24. The van der Waals surface area contributed by atoms with Gasteiger partial charge in [-0.05, 0) is 49.3 Å². The third-order valence-corrected chi connectivity index (χ3v) is 5.72. The van der Waals surface area contributed by atoms with Gasteiger partial charge in [0.15, 0.2) is 9.84 Å². The van der Waals surface area contributed by atoms with E-state index < -0.39 is 9.84 Å². The molecule has 1 aromatic rings. The largest absolute Gasteiger partial charge is 0.352 e. The van der Waals surface area contributed by atoms with Gasteiger partial charge in [-0.3, -0.25) is 4.79 Å². The number of hydrogen-bond donors (Lipinski definition) is 1. The molecule has 0 aromatic heterocycles. The van der Waals surface area contributed by atoms with Crippen molar-refractivity contribution in [3.8, 4) is 0 Å². The van der Waals surface area contributed by atoms with Crippen molar-refractivity contribution in [1.29, 1.82) is 0 Å². The summed E-state index contributed by atoms with van der Waals surface area (Å²) >= 11 is 0. The molecule has 2 rings (SSSR count). The zero-order valence-electron chi connectivity index (χ0n) is 12.5. The van der Waals surface area contributed by atoms with E-state index in [2.05, 4.69) is 5.32 Å². The molecule has 1 amide bonds. The number of nitrogens with one attached hydrogen (secondary N) is 1. The van der Waals surface area contributed by atoms with Gasteiger partial charge in [0.2, 0.25) is 0 Å². The summed E-state index contributed by atoms with van der Waals surface area (Å²) in [4.78, 5) is 11.8. The van der Waals surface area contributed by atoms with Crippen LogP contribution < -0.4 is 5.32 Å². The number of sulfone groups is 1. The van der Waals surface area contributed by atoms with Crippen molar-refractivity contribution in [2.45, 2.75) is 32.6 Å². The summed E-state index contributed by atoms with van der Waals surface area (Å²) in [5, 5.41) is 2.84. The molecule has 0 unspecified atom stereocenters. The molecular weight excluding hydrogens is 286 g/mol. The fourth-order valence-corrected chi connectivity index (χ4v) is 4.52. The van der Waals surface area contributed by atoms with Crippen LogP contribution in [0.5, 0.6) is 0 Å². The lowest BCUT2D eigenvalue weighted by molar-refractivity contribution is 0.0953. The first-order valence-corrected chi connectivity index (χ1v) is 9.40. The molecule has 4 nitrogen and oxygen atoms in total. The molecule has 1 aromatic carbocycles. The Hall–Kier alpha value is -1.36. The van der Waals surface area contributed by atoms with Crippen LogP contribution in [-0.4, -0.2) is 32.4 Å². The molecule has 0 radical (unpaired) electrons. The molecule has 0 aliphatic carbocycles. The molecule has 1 N–H and O–H groups in total. The van der Waals surface area contributed by atoms with Crippen LogP contribution in [0.4, 0.5) is 0 Å². The molecule has 21 heavy (non-hydrogen) atoms. The van der Waals surface area contributed by atoms with Crippen molar-refractivity contribution in [3.63, 3.8) is 0 Å². The maximum atomic E-state index is 11.8. The second-order valence-electron chi connectivity index (χ2n) is 5.78. The van der Waals surface area contributed by atoms with E-state index in [1.807, 2.05) is 31.2 Å². The topological polar surface area (TPSA) is 63.2 Å². The lowest BCUT2D eigenvalue weighted by Gasteiger charge is -2.21. The lowest BCUT2D eigenvalue weighted by Crippen LogP contribution is -2.26. The van der Waals surface area contributed by atoms with Gasteiger partial charge in [-0.2, -0.15) is 0 Å². The molecule has 1 saturated heterocycles. The van der Waals surface area contributed by atoms with Crippen LogP contribution in [-0.2, 0) is 16.3 Å². The fourth-order valence-electron chi connectivity index (χ4n) is 2.74. The van der Waals surface area contributed by atoms with Crippen molar-refractivity contribution in [1.82, 2.24) is 5.32 Å². The van der Waals surface area contributed by atoms with Gasteiger partial charge in [-0.15, -0.1) is 0 Å². The maximum Gasteiger partial charge on any atom is 0.251 e. The minimum absolute atomic E-state index is 0.0522. The van der Waals surface area contributed by atoms with E-state index in [0.717, 1.165) is 31.2 Å². The van der Waals surface area contributed by atoms with Crippen molar-refractivity contribution in [3.05, 3.63) is 35.4 Å². The molecule has 0 bridgehead atoms. The number of carbonyl (C=O) groups is 1. The highest BCUT2D eigenvalue weighted by Crippen LogP contribution is 2.22. The Morgan fingerprint density at radius 2 is 2.00 bits per heavy atom. The van der Waals surface area contributed by atoms with E-state index in [1.54, 1.807) is 0 Å². The molecule has 5 heteroatoms. The van der Waals surface area contributed by atoms with Crippen molar-refractivity contribution >= 4 is 15.7 Å². The lowest BCUT2D eigenvalue weighted by atomic mass is 9.96. The molecule has 1 atom stereocenters. The summed E-state index contributed by atoms with van der Waals surface area (Å²) in [6.45, 7) is 2.70. The maximum absolute atomic E-state index is 11.8. The smallest absolute Gasteiger partial charge is 0.251 e. The second-order valence-corrected chi connectivity index (χ2v) is 8.01. The molecular formula is C16H23NO3S. The first-order chi connectivity index (χ1) is 10.00. The Bertz CT molecular complexity index is 578. The summed E-state index contributed by atoms with van der Waals surface area (Å²) in [7, 11) is -2.85. The Labute approximate surface area is 126 Å². The Balaban J connectivity index is 1.94. The van der Waals surface area contributed by atoms with Crippen molar-refractivity contribution in [2.24, 2.45) is 5.92 Å². The standard InChI is InChI=1S/C16H23NO3S/c1-2-9-17-16(18)15-7-5-13(6-8-15)11-14-4-3-10-21(19,20)12-14/h5-8,14H,2-4,9-12H2,1H3,(H,17,18)/t14-/m1/s1. The average Bonchev–Trinajstić information content (AvgIpc) is 2.44. The summed E-state index contributed by atoms with van der Waals surface area (Å²) in [6.07, 6.45) is 3.43. The SMILES string of the molecule is CCCNC(=O)c1ccc(C[C@H]2CCCS(=O)(=O)C2)cc1. The van der Waals surface area contributed by atoms with Crippen LogP contribution in [0.1, 0.15) is 42.1 Å². The van der Waals surface area contributed by atoms with Crippen molar-refractivity contribution < 1.29 is 13.2 Å². The van der Waals surface area contributed by atoms with E-state index in [9.17, 15) is 13.2 Å². The molecule has 1 heterocycles. The zero-order chi connectivity index (χ0) is 15.3. The Morgan fingerprint density at radius 3 is 2.62 bits per heavy atom. The highest BCUT2D eigenvalue weighted by molar-refractivity contribution is 7.91. The first-order valence-electron chi connectivity index (χ1n) is 7.58.